The predicted octanol–water partition coefficient (Wildman–Crippen LogP) is 1.90. The van der Waals surface area contributed by atoms with Crippen LogP contribution in [0.1, 0.15) is 24.1 Å². The number of halogens is 2. The van der Waals surface area contributed by atoms with Gasteiger partial charge < -0.3 is 15.6 Å². The highest BCUT2D eigenvalue weighted by molar-refractivity contribution is 5.79. The normalized spacial score (nSPS) is 13.2. The van der Waals surface area contributed by atoms with Crippen molar-refractivity contribution < 1.29 is 23.4 Å². The smallest absolute Gasteiger partial charge is 0.379 e. The lowest BCUT2D eigenvalue weighted by atomic mass is 9.98. The maximum absolute atomic E-state index is 13.7. The molecule has 0 saturated heterocycles. The largest absolute Gasteiger partial charge is 0.508 e. The molecule has 1 rings (SSSR count). The Morgan fingerprint density at radius 3 is 2.72 bits per heavy atom. The molecular weight excluding hydrogens is 244 g/mol. The summed E-state index contributed by atoms with van der Waals surface area (Å²) in [5.74, 6) is -5.96. The molecule has 100 valence electrons. The lowest BCUT2D eigenvalue weighted by Crippen LogP contribution is -2.41. The van der Waals surface area contributed by atoms with Gasteiger partial charge in [0.15, 0.2) is 0 Å². The summed E-state index contributed by atoms with van der Waals surface area (Å²) in [6, 6.07) is 2.17. The number of phenolic OH excluding ortho intramolecular Hbond substituents is 1. The summed E-state index contributed by atoms with van der Waals surface area (Å²) in [7, 11) is 0. The maximum Gasteiger partial charge on any atom is 0.379 e. The molecule has 0 amide bonds. The number of hydrogen-bond donors (Lipinski definition) is 2. The molecule has 1 aromatic carbocycles. The Hall–Kier alpha value is -1.69. The molecule has 0 aliphatic carbocycles. The molecule has 0 saturated carbocycles. The van der Waals surface area contributed by atoms with Gasteiger partial charge in [-0.2, -0.15) is 8.78 Å². The van der Waals surface area contributed by atoms with E-state index in [9.17, 15) is 18.7 Å². The van der Waals surface area contributed by atoms with Crippen LogP contribution in [-0.2, 0) is 9.53 Å². The number of aryl methyl sites for hydroxylation is 1. The number of benzene rings is 1. The van der Waals surface area contributed by atoms with E-state index in [1.807, 2.05) is 0 Å². The molecule has 3 N–H and O–H groups in total. The Morgan fingerprint density at radius 1 is 1.56 bits per heavy atom. The van der Waals surface area contributed by atoms with Gasteiger partial charge in [-0.15, -0.1) is 0 Å². The number of esters is 1. The van der Waals surface area contributed by atoms with E-state index in [1.54, 1.807) is 13.0 Å². The van der Waals surface area contributed by atoms with Crippen LogP contribution in [0.25, 0.3) is 0 Å². The third-order valence-corrected chi connectivity index (χ3v) is 2.46. The first-order chi connectivity index (χ1) is 8.30. The molecule has 0 aliphatic heterocycles. The van der Waals surface area contributed by atoms with Crippen molar-refractivity contribution >= 4 is 5.97 Å². The summed E-state index contributed by atoms with van der Waals surface area (Å²) < 4.78 is 31.6. The molecule has 1 atom stereocenters. The van der Waals surface area contributed by atoms with Crippen LogP contribution in [0.15, 0.2) is 18.2 Å². The average molecular weight is 259 g/mol. The van der Waals surface area contributed by atoms with Gasteiger partial charge in [0.25, 0.3) is 0 Å². The number of hydrogen-bond acceptors (Lipinski definition) is 4. The van der Waals surface area contributed by atoms with Gasteiger partial charge in [0.1, 0.15) is 11.8 Å². The summed E-state index contributed by atoms with van der Waals surface area (Å²) in [4.78, 5) is 11.1. The molecule has 18 heavy (non-hydrogen) atoms. The van der Waals surface area contributed by atoms with Gasteiger partial charge >= 0.3 is 11.9 Å². The fourth-order valence-corrected chi connectivity index (χ4v) is 1.47. The van der Waals surface area contributed by atoms with Crippen LogP contribution in [0.5, 0.6) is 5.75 Å². The van der Waals surface area contributed by atoms with E-state index in [-0.39, 0.29) is 17.9 Å². The molecule has 0 aromatic heterocycles. The molecule has 0 heterocycles. The lowest BCUT2D eigenvalue weighted by molar-refractivity contribution is -0.174. The van der Waals surface area contributed by atoms with E-state index in [4.69, 9.17) is 5.73 Å². The van der Waals surface area contributed by atoms with Crippen molar-refractivity contribution in [2.45, 2.75) is 25.8 Å². The number of rotatable bonds is 4. The van der Waals surface area contributed by atoms with Crippen LogP contribution in [0, 0.1) is 6.92 Å². The number of ether oxygens (including phenoxy) is 1. The summed E-state index contributed by atoms with van der Waals surface area (Å²) in [6.45, 7) is 2.92. The molecule has 4 nitrogen and oxygen atoms in total. The third-order valence-electron chi connectivity index (χ3n) is 2.46. The van der Waals surface area contributed by atoms with E-state index in [0.29, 0.717) is 5.56 Å². The fourth-order valence-electron chi connectivity index (χ4n) is 1.47. The topological polar surface area (TPSA) is 72.5 Å². The van der Waals surface area contributed by atoms with Crippen LogP contribution in [-0.4, -0.2) is 23.6 Å². The maximum atomic E-state index is 13.7. The van der Waals surface area contributed by atoms with Crippen LogP contribution in [0.2, 0.25) is 0 Å². The molecule has 0 fully saturated rings. The van der Waals surface area contributed by atoms with Crippen molar-refractivity contribution in [2.75, 3.05) is 6.61 Å². The number of alkyl halides is 2. The first kappa shape index (κ1) is 14.4. The van der Waals surface area contributed by atoms with Crippen molar-refractivity contribution in [3.63, 3.8) is 0 Å². The van der Waals surface area contributed by atoms with Crippen LogP contribution < -0.4 is 5.73 Å². The number of nitrogens with two attached hydrogens (primary N) is 1. The average Bonchev–Trinajstić information content (AvgIpc) is 2.31. The first-order valence-corrected chi connectivity index (χ1v) is 5.40. The van der Waals surface area contributed by atoms with Gasteiger partial charge in [0.05, 0.1) is 6.61 Å². The standard InChI is InChI=1S/C12H15F2NO3/c1-3-18-11(17)12(13,14)10(15)8-6-7(2)4-5-9(8)16/h4-6,10,16H,3,15H2,1-2H3/t10-/m0/s1. The van der Waals surface area contributed by atoms with Crippen LogP contribution in [0.4, 0.5) is 8.78 Å². The van der Waals surface area contributed by atoms with Gasteiger partial charge in [0, 0.05) is 5.56 Å². The quantitative estimate of drug-likeness (QED) is 0.810. The van der Waals surface area contributed by atoms with E-state index in [2.05, 4.69) is 4.74 Å². The zero-order valence-corrected chi connectivity index (χ0v) is 10.1. The Kier molecular flexibility index (Phi) is 4.24. The van der Waals surface area contributed by atoms with Crippen molar-refractivity contribution in [3.05, 3.63) is 29.3 Å². The second kappa shape index (κ2) is 5.30. The van der Waals surface area contributed by atoms with Crippen LogP contribution in [0.3, 0.4) is 0 Å². The molecule has 0 unspecified atom stereocenters. The Morgan fingerprint density at radius 2 is 2.17 bits per heavy atom. The van der Waals surface area contributed by atoms with E-state index >= 15 is 0 Å². The highest BCUT2D eigenvalue weighted by atomic mass is 19.3. The van der Waals surface area contributed by atoms with Crippen molar-refractivity contribution in [1.82, 2.24) is 0 Å². The minimum atomic E-state index is -3.89. The predicted molar refractivity (Wildman–Crippen MR) is 61.4 cm³/mol. The van der Waals surface area contributed by atoms with Gasteiger partial charge in [-0.1, -0.05) is 17.7 Å². The fraction of sp³-hybridized carbons (Fsp3) is 0.417. The van der Waals surface area contributed by atoms with Gasteiger partial charge in [-0.3, -0.25) is 0 Å². The van der Waals surface area contributed by atoms with E-state index in [1.165, 1.54) is 19.1 Å². The highest BCUT2D eigenvalue weighted by Gasteiger charge is 2.48. The Balaban J connectivity index is 3.08. The van der Waals surface area contributed by atoms with Crippen molar-refractivity contribution in [3.8, 4) is 5.75 Å². The molecule has 0 radical (unpaired) electrons. The molecule has 6 heteroatoms. The summed E-state index contributed by atoms with van der Waals surface area (Å²) in [5.41, 5.74) is 5.83. The van der Waals surface area contributed by atoms with E-state index < -0.39 is 17.9 Å². The molecule has 0 aliphatic rings. The number of aromatic hydroxyl groups is 1. The van der Waals surface area contributed by atoms with Gasteiger partial charge in [0.2, 0.25) is 0 Å². The van der Waals surface area contributed by atoms with Crippen molar-refractivity contribution in [1.29, 1.82) is 0 Å². The molecular formula is C12H15F2NO3. The lowest BCUT2D eigenvalue weighted by Gasteiger charge is -2.22. The number of carbonyl (C=O) groups excluding carboxylic acids is 1. The minimum Gasteiger partial charge on any atom is -0.508 e. The summed E-state index contributed by atoms with van der Waals surface area (Å²) in [6.07, 6.45) is 0. The van der Waals surface area contributed by atoms with Gasteiger partial charge in [-0.25, -0.2) is 4.79 Å². The Labute approximate surface area is 103 Å². The minimum absolute atomic E-state index is 0.166. The SMILES string of the molecule is CCOC(=O)C(F)(F)[C@@H](N)c1cc(C)ccc1O. The van der Waals surface area contributed by atoms with Crippen LogP contribution >= 0.6 is 0 Å². The molecule has 0 bridgehead atoms. The highest BCUT2D eigenvalue weighted by Crippen LogP contribution is 2.35. The zero-order valence-electron chi connectivity index (χ0n) is 10.1. The number of carbonyl (C=O) groups is 1. The summed E-state index contributed by atoms with van der Waals surface area (Å²) >= 11 is 0. The van der Waals surface area contributed by atoms with Gasteiger partial charge in [-0.05, 0) is 19.9 Å². The zero-order chi connectivity index (χ0) is 13.9. The molecule has 0 spiro atoms. The molecule has 1 aromatic rings. The van der Waals surface area contributed by atoms with E-state index in [0.717, 1.165) is 0 Å². The first-order valence-electron chi connectivity index (χ1n) is 5.40. The second-order valence-electron chi connectivity index (χ2n) is 3.88. The monoisotopic (exact) mass is 259 g/mol. The Bertz CT molecular complexity index is 449. The number of phenols is 1. The second-order valence-corrected chi connectivity index (χ2v) is 3.88. The summed E-state index contributed by atoms with van der Waals surface area (Å²) in [5, 5.41) is 9.51. The van der Waals surface area contributed by atoms with Crippen molar-refractivity contribution in [2.24, 2.45) is 5.73 Å². The third kappa shape index (κ3) is 2.76.